The second-order valence-electron chi connectivity index (χ2n) is 7.53. The molecule has 3 aromatic rings. The number of rotatable bonds is 4. The van der Waals surface area contributed by atoms with Crippen molar-refractivity contribution in [3.63, 3.8) is 0 Å². The van der Waals surface area contributed by atoms with Crippen LogP contribution in [0.15, 0.2) is 53.0 Å². The number of allylic oxidation sites excluding steroid dienone is 2. The maximum absolute atomic E-state index is 12.4. The van der Waals surface area contributed by atoms with Crippen molar-refractivity contribution in [3.05, 3.63) is 53.9 Å². The molecule has 0 unspecified atom stereocenters. The zero-order valence-corrected chi connectivity index (χ0v) is 16.8. The van der Waals surface area contributed by atoms with Gasteiger partial charge in [-0.15, -0.1) is 10.2 Å². The van der Waals surface area contributed by atoms with Gasteiger partial charge in [-0.1, -0.05) is 6.08 Å². The van der Waals surface area contributed by atoms with E-state index in [1.165, 1.54) is 12.4 Å². The van der Waals surface area contributed by atoms with Gasteiger partial charge >= 0.3 is 0 Å². The molecule has 1 N–H and O–H groups in total. The standard InChI is InChI=1S/C22H22N4O3/c1-5-29-15-10-16-13(2)12-22(3,4)26-19(16)17(11-15)18(21(26)28)24-25-20(27)14-6-8-23-9-7-14/h6-12,28H,5H2,1-4H3. The van der Waals surface area contributed by atoms with Crippen molar-refractivity contribution >= 4 is 28.1 Å². The minimum absolute atomic E-state index is 0.0325. The van der Waals surface area contributed by atoms with Gasteiger partial charge in [-0.3, -0.25) is 9.78 Å². The van der Waals surface area contributed by atoms with Crippen molar-refractivity contribution in [1.82, 2.24) is 9.55 Å². The van der Waals surface area contributed by atoms with Gasteiger partial charge in [-0.2, -0.15) is 0 Å². The Bertz CT molecular complexity index is 1170. The highest BCUT2D eigenvalue weighted by Gasteiger charge is 2.33. The van der Waals surface area contributed by atoms with Gasteiger partial charge in [0.2, 0.25) is 5.88 Å². The van der Waals surface area contributed by atoms with E-state index in [0.717, 1.165) is 16.7 Å². The second kappa shape index (κ2) is 6.84. The van der Waals surface area contributed by atoms with Crippen molar-refractivity contribution in [1.29, 1.82) is 0 Å². The molecule has 0 radical (unpaired) electrons. The lowest BCUT2D eigenvalue weighted by atomic mass is 9.92. The van der Waals surface area contributed by atoms with Crippen LogP contribution in [-0.2, 0) is 5.54 Å². The summed E-state index contributed by atoms with van der Waals surface area (Å²) in [6.07, 6.45) is 5.13. The Morgan fingerprint density at radius 2 is 2.00 bits per heavy atom. The van der Waals surface area contributed by atoms with Gasteiger partial charge in [0.25, 0.3) is 5.91 Å². The molecule has 148 valence electrons. The number of amides is 1. The van der Waals surface area contributed by atoms with Crippen LogP contribution < -0.4 is 4.74 Å². The van der Waals surface area contributed by atoms with Crippen LogP contribution in [0.2, 0.25) is 0 Å². The largest absolute Gasteiger partial charge is 0.494 e. The molecule has 1 amide bonds. The number of ether oxygens (including phenoxy) is 1. The highest BCUT2D eigenvalue weighted by atomic mass is 16.5. The van der Waals surface area contributed by atoms with Crippen LogP contribution in [0.3, 0.4) is 0 Å². The lowest BCUT2D eigenvalue weighted by Gasteiger charge is -2.31. The predicted octanol–water partition coefficient (Wildman–Crippen LogP) is 5.22. The number of carbonyl (C=O) groups excluding carboxylic acids is 1. The van der Waals surface area contributed by atoms with Crippen molar-refractivity contribution in [3.8, 4) is 11.6 Å². The molecule has 0 saturated heterocycles. The number of aromatic hydroxyl groups is 1. The van der Waals surface area contributed by atoms with E-state index in [2.05, 4.69) is 21.3 Å². The van der Waals surface area contributed by atoms with E-state index in [4.69, 9.17) is 4.74 Å². The molecule has 7 heteroatoms. The van der Waals surface area contributed by atoms with Gasteiger partial charge < -0.3 is 14.4 Å². The zero-order chi connectivity index (χ0) is 20.8. The van der Waals surface area contributed by atoms with Gasteiger partial charge in [-0.25, -0.2) is 0 Å². The number of aromatic nitrogens is 2. The Balaban J connectivity index is 1.92. The molecule has 0 atom stereocenters. The molecule has 0 aliphatic carbocycles. The number of hydrogen-bond donors (Lipinski definition) is 1. The first-order chi connectivity index (χ1) is 13.8. The molecular formula is C22H22N4O3. The third-order valence-electron chi connectivity index (χ3n) is 5.04. The summed E-state index contributed by atoms with van der Waals surface area (Å²) in [4.78, 5) is 16.3. The summed E-state index contributed by atoms with van der Waals surface area (Å²) in [6, 6.07) is 6.94. The maximum Gasteiger partial charge on any atom is 0.295 e. The van der Waals surface area contributed by atoms with Crippen molar-refractivity contribution < 1.29 is 14.6 Å². The van der Waals surface area contributed by atoms with Gasteiger partial charge in [0.05, 0.1) is 17.7 Å². The van der Waals surface area contributed by atoms with Crippen molar-refractivity contribution in [2.75, 3.05) is 6.61 Å². The Morgan fingerprint density at radius 1 is 1.28 bits per heavy atom. The molecule has 0 bridgehead atoms. The number of azo groups is 1. The van der Waals surface area contributed by atoms with E-state index < -0.39 is 11.4 Å². The van der Waals surface area contributed by atoms with Crippen LogP contribution >= 0.6 is 0 Å². The highest BCUT2D eigenvalue weighted by molar-refractivity contribution is 6.04. The Morgan fingerprint density at radius 3 is 2.69 bits per heavy atom. The Hall–Kier alpha value is -3.48. The van der Waals surface area contributed by atoms with Gasteiger partial charge in [0, 0.05) is 28.9 Å². The van der Waals surface area contributed by atoms with Crippen LogP contribution in [0, 0.1) is 0 Å². The van der Waals surface area contributed by atoms with Crippen LogP contribution in [-0.4, -0.2) is 27.2 Å². The number of benzene rings is 1. The van der Waals surface area contributed by atoms with E-state index in [0.29, 0.717) is 23.3 Å². The maximum atomic E-state index is 12.4. The van der Waals surface area contributed by atoms with Crippen LogP contribution in [0.25, 0.3) is 16.5 Å². The Labute approximate surface area is 168 Å². The van der Waals surface area contributed by atoms with Crippen LogP contribution in [0.1, 0.15) is 43.6 Å². The topological polar surface area (TPSA) is 89.1 Å². The molecule has 1 aliphatic rings. The van der Waals surface area contributed by atoms with E-state index in [-0.39, 0.29) is 11.6 Å². The monoisotopic (exact) mass is 390 g/mol. The number of nitrogens with zero attached hydrogens (tertiary/aromatic N) is 4. The summed E-state index contributed by atoms with van der Waals surface area (Å²) >= 11 is 0. The molecule has 29 heavy (non-hydrogen) atoms. The summed E-state index contributed by atoms with van der Waals surface area (Å²) < 4.78 is 7.54. The number of hydrogen-bond acceptors (Lipinski definition) is 5. The molecule has 1 aliphatic heterocycles. The molecule has 0 fully saturated rings. The third-order valence-corrected chi connectivity index (χ3v) is 5.04. The summed E-state index contributed by atoms with van der Waals surface area (Å²) in [7, 11) is 0. The first kappa shape index (κ1) is 18.9. The lowest BCUT2D eigenvalue weighted by Crippen LogP contribution is -2.26. The second-order valence-corrected chi connectivity index (χ2v) is 7.53. The van der Waals surface area contributed by atoms with E-state index in [9.17, 15) is 9.90 Å². The van der Waals surface area contributed by atoms with E-state index in [1.807, 2.05) is 44.4 Å². The van der Waals surface area contributed by atoms with Crippen LogP contribution in [0.4, 0.5) is 5.69 Å². The fourth-order valence-corrected chi connectivity index (χ4v) is 3.89. The average molecular weight is 390 g/mol. The summed E-state index contributed by atoms with van der Waals surface area (Å²) in [5.74, 6) is 0.142. The van der Waals surface area contributed by atoms with Gasteiger partial charge in [0.1, 0.15) is 5.75 Å². The smallest absolute Gasteiger partial charge is 0.295 e. The summed E-state index contributed by atoms with van der Waals surface area (Å²) in [5, 5.41) is 19.7. The fraction of sp³-hybridized carbons (Fsp3) is 0.273. The molecular weight excluding hydrogens is 368 g/mol. The normalized spacial score (nSPS) is 15.0. The van der Waals surface area contributed by atoms with E-state index >= 15 is 0 Å². The highest BCUT2D eigenvalue weighted by Crippen LogP contribution is 2.49. The molecule has 7 nitrogen and oxygen atoms in total. The van der Waals surface area contributed by atoms with Crippen molar-refractivity contribution in [2.45, 2.75) is 33.2 Å². The molecule has 2 aromatic heterocycles. The number of pyridine rings is 1. The molecule has 4 rings (SSSR count). The lowest BCUT2D eigenvalue weighted by molar-refractivity contribution is 0.0995. The van der Waals surface area contributed by atoms with Gasteiger partial charge in [0.15, 0.2) is 5.69 Å². The fourth-order valence-electron chi connectivity index (χ4n) is 3.89. The zero-order valence-electron chi connectivity index (χ0n) is 16.8. The minimum Gasteiger partial charge on any atom is -0.494 e. The SMILES string of the molecule is CCOc1cc2c3c(c1)c(N=NC(=O)c1ccncc1)c(O)n3C(C)(C)C=C2C. The first-order valence-corrected chi connectivity index (χ1v) is 9.44. The van der Waals surface area contributed by atoms with Crippen molar-refractivity contribution in [2.24, 2.45) is 10.2 Å². The molecule has 3 heterocycles. The molecule has 1 aromatic carbocycles. The first-order valence-electron chi connectivity index (χ1n) is 9.44. The summed E-state index contributed by atoms with van der Waals surface area (Å²) in [6.45, 7) is 8.49. The third kappa shape index (κ3) is 3.08. The minimum atomic E-state index is -0.502. The number of carbonyl (C=O) groups is 1. The van der Waals surface area contributed by atoms with Crippen LogP contribution in [0.5, 0.6) is 11.6 Å². The van der Waals surface area contributed by atoms with E-state index in [1.54, 1.807) is 12.1 Å². The molecule has 0 spiro atoms. The van der Waals surface area contributed by atoms with Gasteiger partial charge in [-0.05, 0) is 57.5 Å². The molecule has 0 saturated carbocycles. The Kier molecular flexibility index (Phi) is 4.45. The summed E-state index contributed by atoms with van der Waals surface area (Å²) in [5.41, 5.74) is 3.06. The quantitative estimate of drug-likeness (QED) is 0.619. The average Bonchev–Trinajstić information content (AvgIpc) is 2.97. The predicted molar refractivity (Wildman–Crippen MR) is 111 cm³/mol.